The second-order valence-corrected chi connectivity index (χ2v) is 7.34. The first-order chi connectivity index (χ1) is 4.50. The highest BCUT2D eigenvalue weighted by molar-refractivity contribution is 8.29. The van der Waals surface area contributed by atoms with Crippen molar-refractivity contribution in [1.29, 1.82) is 0 Å². The monoisotopic (exact) mass is 214 g/mol. The van der Waals surface area contributed by atoms with Crippen LogP contribution < -0.4 is 0 Å². The molecule has 0 radical (unpaired) electrons. The normalized spacial score (nSPS) is 19.5. The second kappa shape index (κ2) is 2.57. The third-order valence-corrected chi connectivity index (χ3v) is 4.85. The zero-order valence-corrected chi connectivity index (χ0v) is 6.48. The molecule has 0 bridgehead atoms. The molecule has 0 aromatic rings. The van der Waals surface area contributed by atoms with E-state index in [1.165, 1.54) is 0 Å². The maximum atomic E-state index is 11.3. The van der Waals surface area contributed by atoms with Crippen LogP contribution in [0.15, 0.2) is 0 Å². The molecule has 68 valence electrons. The van der Waals surface area contributed by atoms with Crippen molar-refractivity contribution in [2.75, 3.05) is 0 Å². The van der Waals surface area contributed by atoms with E-state index < -0.39 is 20.3 Å². The van der Waals surface area contributed by atoms with Crippen LogP contribution in [0, 0.1) is 0 Å². The molecule has 1 atom stereocenters. The van der Waals surface area contributed by atoms with E-state index >= 15 is 0 Å². The molecule has 11 heavy (non-hydrogen) atoms. The van der Waals surface area contributed by atoms with E-state index in [1.807, 2.05) is 0 Å². The molecule has 0 fully saturated rings. The van der Waals surface area contributed by atoms with Crippen LogP contribution in [0.1, 0.15) is 0 Å². The minimum Gasteiger partial charge on any atom is -0.330 e. The van der Waals surface area contributed by atoms with Gasteiger partial charge in [-0.25, -0.2) is 4.57 Å². The van der Waals surface area contributed by atoms with Gasteiger partial charge in [-0.1, -0.05) is 0 Å². The zero-order chi connectivity index (χ0) is 9.50. The highest BCUT2D eigenvalue weighted by atomic mass is 32.1. The maximum absolute atomic E-state index is 11.3. The number of halogens is 3. The first-order valence-electron chi connectivity index (χ1n) is 1.96. The predicted molar refractivity (Wildman–Crippen MR) is 27.9 cm³/mol. The van der Waals surface area contributed by atoms with Gasteiger partial charge in [0.25, 0.3) is 0 Å². The van der Waals surface area contributed by atoms with Gasteiger partial charge in [-0.3, -0.25) is 4.57 Å². The molecule has 0 saturated heterocycles. The molecule has 0 aromatic carbocycles. The van der Waals surface area contributed by atoms with Crippen LogP contribution in [0.2, 0.25) is 0 Å². The Kier molecular flexibility index (Phi) is 2.60. The third-order valence-electron chi connectivity index (χ3n) is 0.683. The molecule has 3 N–H and O–H groups in total. The van der Waals surface area contributed by atoms with Gasteiger partial charge < -0.3 is 14.7 Å². The van der Waals surface area contributed by atoms with E-state index in [0.29, 0.717) is 0 Å². The van der Waals surface area contributed by atoms with Crippen LogP contribution in [0.4, 0.5) is 13.2 Å². The van der Waals surface area contributed by atoms with Crippen LogP contribution in [0.25, 0.3) is 0 Å². The van der Waals surface area contributed by atoms with Crippen molar-refractivity contribution in [2.45, 2.75) is 5.92 Å². The number of alkyl halides is 3. The van der Waals surface area contributed by atoms with Gasteiger partial charge in [-0.2, -0.15) is 13.2 Å². The molecule has 0 heterocycles. The molecule has 5 nitrogen and oxygen atoms in total. The van der Waals surface area contributed by atoms with Gasteiger partial charge in [0.1, 0.15) is 0 Å². The highest BCUT2D eigenvalue weighted by Crippen LogP contribution is 2.81. The quantitative estimate of drug-likeness (QED) is 0.562. The summed E-state index contributed by atoms with van der Waals surface area (Å²) in [7, 11) is -12.4. The summed E-state index contributed by atoms with van der Waals surface area (Å²) in [6.07, 6.45) is 0. The van der Waals surface area contributed by atoms with Crippen LogP contribution >= 0.6 is 14.3 Å². The Bertz CT molecular complexity index is 237. The summed E-state index contributed by atoms with van der Waals surface area (Å²) in [5, 5.41) is 0. The molecule has 0 amide bonds. The van der Waals surface area contributed by atoms with Gasteiger partial charge in [-0.15, -0.1) is 0 Å². The van der Waals surface area contributed by atoms with Crippen molar-refractivity contribution in [3.63, 3.8) is 0 Å². The average molecular weight is 214 g/mol. The second-order valence-electron chi connectivity index (χ2n) is 1.53. The molecule has 0 rings (SSSR count). The van der Waals surface area contributed by atoms with Crippen molar-refractivity contribution < 1.29 is 37.0 Å². The van der Waals surface area contributed by atoms with E-state index in [4.69, 9.17) is 14.7 Å². The van der Waals surface area contributed by atoms with Crippen molar-refractivity contribution in [1.82, 2.24) is 0 Å². The Balaban J connectivity index is 5.09. The lowest BCUT2D eigenvalue weighted by atomic mass is 11.6. The minimum absolute atomic E-state index is 5.77. The van der Waals surface area contributed by atoms with Gasteiger partial charge in [0.2, 0.25) is 0 Å². The molecule has 1 unspecified atom stereocenters. The molecule has 10 heteroatoms. The van der Waals surface area contributed by atoms with E-state index in [2.05, 4.69) is 0 Å². The summed E-state index contributed by atoms with van der Waals surface area (Å²) < 4.78 is 53.7. The van der Waals surface area contributed by atoms with Gasteiger partial charge in [0, 0.05) is 0 Å². The van der Waals surface area contributed by atoms with Gasteiger partial charge in [0.05, 0.1) is 0 Å². The number of rotatable bonds is 1. The largest absolute Gasteiger partial charge is 0.477 e. The molecular formula is CH3F3O5P2. The summed E-state index contributed by atoms with van der Waals surface area (Å²) in [5.41, 5.74) is 0. The molecule has 0 aliphatic rings. The zero-order valence-electron chi connectivity index (χ0n) is 4.69. The van der Waals surface area contributed by atoms with Crippen LogP contribution in [-0.2, 0) is 9.13 Å². The summed E-state index contributed by atoms with van der Waals surface area (Å²) in [5.74, 6) is -5.77. The molecule has 0 aliphatic heterocycles. The Labute approximate surface area is 58.4 Å². The van der Waals surface area contributed by atoms with E-state index in [1.54, 1.807) is 0 Å². The van der Waals surface area contributed by atoms with E-state index in [0.717, 1.165) is 0 Å². The van der Waals surface area contributed by atoms with Gasteiger partial charge in [-0.05, 0) is 0 Å². The SMILES string of the molecule is O=P(O)(O)P(=O)(O)C(F)(F)F. The van der Waals surface area contributed by atoms with E-state index in [-0.39, 0.29) is 0 Å². The summed E-state index contributed by atoms with van der Waals surface area (Å²) >= 11 is 0. The third kappa shape index (κ3) is 2.04. The number of hydrogen-bond acceptors (Lipinski definition) is 2. The van der Waals surface area contributed by atoms with Gasteiger partial charge in [0.15, 0.2) is 0 Å². The van der Waals surface area contributed by atoms with E-state index in [9.17, 15) is 22.3 Å². The minimum atomic E-state index is -6.39. The van der Waals surface area contributed by atoms with Crippen molar-refractivity contribution in [3.05, 3.63) is 0 Å². The smallest absolute Gasteiger partial charge is 0.330 e. The van der Waals surface area contributed by atoms with Crippen LogP contribution in [0.3, 0.4) is 0 Å². The standard InChI is InChI=1S/CH3F3O5P2/c2-1(3,4)10(5,6)11(7,8)9/h(H,5,6)(H2,7,8,9). The van der Waals surface area contributed by atoms with Gasteiger partial charge >= 0.3 is 20.3 Å². The average Bonchev–Trinajstić information content (AvgIpc) is 1.58. The molecule has 0 aromatic heterocycles. The Morgan fingerprint density at radius 2 is 1.27 bits per heavy atom. The lowest BCUT2D eigenvalue weighted by molar-refractivity contribution is -0.0528. The molecule has 0 aliphatic carbocycles. The fourth-order valence-electron chi connectivity index (χ4n) is 0.148. The predicted octanol–water partition coefficient (Wildman–Crippen LogP) is 0.869. The Morgan fingerprint density at radius 1 is 1.00 bits per heavy atom. The summed E-state index contributed by atoms with van der Waals surface area (Å²) in [6, 6.07) is 0. The van der Waals surface area contributed by atoms with Crippen molar-refractivity contribution in [2.24, 2.45) is 0 Å². The topological polar surface area (TPSA) is 94.8 Å². The first-order valence-corrected chi connectivity index (χ1v) is 5.93. The molecule has 0 spiro atoms. The van der Waals surface area contributed by atoms with Crippen LogP contribution in [0.5, 0.6) is 0 Å². The summed E-state index contributed by atoms with van der Waals surface area (Å²) in [6.45, 7) is 0. The lowest BCUT2D eigenvalue weighted by Gasteiger charge is -2.14. The first kappa shape index (κ1) is 11.1. The van der Waals surface area contributed by atoms with Crippen molar-refractivity contribution in [3.8, 4) is 0 Å². The maximum Gasteiger partial charge on any atom is 0.477 e. The fourth-order valence-corrected chi connectivity index (χ4v) is 1.33. The highest BCUT2D eigenvalue weighted by Gasteiger charge is 2.62. The Morgan fingerprint density at radius 3 is 1.27 bits per heavy atom. The fraction of sp³-hybridized carbons (Fsp3) is 1.00. The van der Waals surface area contributed by atoms with Crippen molar-refractivity contribution >= 4 is 14.3 Å². The number of hydrogen-bond donors (Lipinski definition) is 3. The Hall–Kier alpha value is 0.130. The van der Waals surface area contributed by atoms with Crippen LogP contribution in [-0.4, -0.2) is 20.6 Å². The molecular weight excluding hydrogens is 211 g/mol. The summed E-state index contributed by atoms with van der Waals surface area (Å²) in [4.78, 5) is 23.4. The molecule has 0 saturated carbocycles. The lowest BCUT2D eigenvalue weighted by Crippen LogP contribution is -2.08.